The van der Waals surface area contributed by atoms with E-state index in [4.69, 9.17) is 16.7 Å². The van der Waals surface area contributed by atoms with E-state index in [2.05, 4.69) is 17.0 Å². The van der Waals surface area contributed by atoms with Crippen molar-refractivity contribution < 1.29 is 18.3 Å². The van der Waals surface area contributed by atoms with Crippen molar-refractivity contribution in [2.45, 2.75) is 100 Å². The Kier molecular flexibility index (Phi) is 11.3. The summed E-state index contributed by atoms with van der Waals surface area (Å²) in [5.74, 6) is 0.242. The van der Waals surface area contributed by atoms with Crippen molar-refractivity contribution in [2.24, 2.45) is 5.92 Å². The first kappa shape index (κ1) is 30.1. The fourth-order valence-corrected chi connectivity index (χ4v) is 8.01. The highest BCUT2D eigenvalue weighted by Gasteiger charge is 2.27. The summed E-state index contributed by atoms with van der Waals surface area (Å²) < 4.78 is 26.1. The zero-order valence-corrected chi connectivity index (χ0v) is 24.6. The van der Waals surface area contributed by atoms with Crippen molar-refractivity contribution in [2.75, 3.05) is 18.8 Å². The Labute approximate surface area is 239 Å². The largest absolute Gasteiger partial charge is 0.481 e. The fourth-order valence-electron chi connectivity index (χ4n) is 6.50. The number of carboxylic acids is 1. The van der Waals surface area contributed by atoms with E-state index in [0.29, 0.717) is 22.8 Å². The standard InChI is InChI=1S/C32H44ClNO4S/c33-29-16-18-31(19-17-29)39(37,38)23-21-27(28-14-11-25(12-15-28)13-20-32(35)36)8-2-1-6-26-7-5-22-34(24-26)30-9-3-4-10-30/h11-12,14-19,26-27,30H,1-10,13,20-24H2,(H,35,36). The third-order valence-corrected chi connectivity index (χ3v) is 10.8. The Balaban J connectivity index is 1.34. The lowest BCUT2D eigenvalue weighted by Crippen LogP contribution is -2.41. The molecule has 0 spiro atoms. The lowest BCUT2D eigenvalue weighted by Gasteiger charge is -2.37. The van der Waals surface area contributed by atoms with Gasteiger partial charge in [0.2, 0.25) is 0 Å². The molecule has 0 bridgehead atoms. The van der Waals surface area contributed by atoms with Gasteiger partial charge in [-0.2, -0.15) is 0 Å². The second-order valence-electron chi connectivity index (χ2n) is 11.6. The molecule has 4 rings (SSSR count). The number of unbranched alkanes of at least 4 members (excludes halogenated alkanes) is 1. The minimum Gasteiger partial charge on any atom is -0.481 e. The minimum atomic E-state index is -3.40. The average molecular weight is 574 g/mol. The van der Waals surface area contributed by atoms with Gasteiger partial charge in [-0.25, -0.2) is 8.42 Å². The van der Waals surface area contributed by atoms with Crippen LogP contribution in [0.2, 0.25) is 5.02 Å². The number of aryl methyl sites for hydroxylation is 1. The summed E-state index contributed by atoms with van der Waals surface area (Å²) in [6.07, 6.45) is 13.9. The predicted molar refractivity (Wildman–Crippen MR) is 158 cm³/mol. The van der Waals surface area contributed by atoms with Crippen molar-refractivity contribution in [1.29, 1.82) is 0 Å². The van der Waals surface area contributed by atoms with Crippen LogP contribution in [-0.4, -0.2) is 49.3 Å². The zero-order valence-electron chi connectivity index (χ0n) is 23.1. The summed E-state index contributed by atoms with van der Waals surface area (Å²) in [6, 6.07) is 15.4. The van der Waals surface area contributed by atoms with Crippen molar-refractivity contribution in [1.82, 2.24) is 4.90 Å². The molecule has 2 aromatic rings. The molecule has 2 unspecified atom stereocenters. The third kappa shape index (κ3) is 9.33. The van der Waals surface area contributed by atoms with Crippen molar-refractivity contribution in [3.8, 4) is 0 Å². The molecule has 0 radical (unpaired) electrons. The number of nitrogens with zero attached hydrogens (tertiary/aromatic N) is 1. The minimum absolute atomic E-state index is 0.0963. The SMILES string of the molecule is O=C(O)CCc1ccc(C(CCCCC2CCCN(C3CCCC3)C2)CCS(=O)(=O)c2ccc(Cl)cc2)cc1. The van der Waals surface area contributed by atoms with E-state index in [1.807, 2.05) is 12.1 Å². The van der Waals surface area contributed by atoms with Crippen LogP contribution < -0.4 is 0 Å². The number of benzene rings is 2. The van der Waals surface area contributed by atoms with Crippen LogP contribution in [0, 0.1) is 5.92 Å². The second-order valence-corrected chi connectivity index (χ2v) is 14.2. The summed E-state index contributed by atoms with van der Waals surface area (Å²) in [4.78, 5) is 14.0. The lowest BCUT2D eigenvalue weighted by atomic mass is 9.87. The number of sulfone groups is 1. The van der Waals surface area contributed by atoms with E-state index in [-0.39, 0.29) is 18.1 Å². The number of hydrogen-bond acceptors (Lipinski definition) is 4. The van der Waals surface area contributed by atoms with E-state index < -0.39 is 15.8 Å². The van der Waals surface area contributed by atoms with Crippen LogP contribution in [0.4, 0.5) is 0 Å². The van der Waals surface area contributed by atoms with Crippen molar-refractivity contribution in [3.63, 3.8) is 0 Å². The molecule has 214 valence electrons. The number of likely N-dealkylation sites (tertiary alicyclic amines) is 1. The molecule has 2 aromatic carbocycles. The van der Waals surface area contributed by atoms with Gasteiger partial charge < -0.3 is 10.0 Å². The number of carbonyl (C=O) groups is 1. The Morgan fingerprint density at radius 2 is 1.67 bits per heavy atom. The first-order valence-electron chi connectivity index (χ1n) is 14.8. The van der Waals surface area contributed by atoms with Gasteiger partial charge in [0.15, 0.2) is 9.84 Å². The molecule has 1 saturated carbocycles. The first-order valence-corrected chi connectivity index (χ1v) is 16.9. The summed E-state index contributed by atoms with van der Waals surface area (Å²) in [5.41, 5.74) is 2.14. The highest BCUT2D eigenvalue weighted by molar-refractivity contribution is 7.91. The van der Waals surface area contributed by atoms with Crippen LogP contribution in [0.1, 0.15) is 94.1 Å². The molecule has 1 heterocycles. The first-order chi connectivity index (χ1) is 18.8. The lowest BCUT2D eigenvalue weighted by molar-refractivity contribution is -0.136. The quantitative estimate of drug-likeness (QED) is 0.237. The number of halogens is 1. The molecular weight excluding hydrogens is 530 g/mol. The van der Waals surface area contributed by atoms with Crippen LogP contribution >= 0.6 is 11.6 Å². The van der Waals surface area contributed by atoms with Crippen molar-refractivity contribution >= 4 is 27.4 Å². The highest BCUT2D eigenvalue weighted by Crippen LogP contribution is 2.32. The summed E-state index contributed by atoms with van der Waals surface area (Å²) in [7, 11) is -3.40. The van der Waals surface area contributed by atoms with Gasteiger partial charge in [0.25, 0.3) is 0 Å². The Bertz CT molecular complexity index is 1140. The van der Waals surface area contributed by atoms with Gasteiger partial charge in [0.1, 0.15) is 0 Å². The second kappa shape index (κ2) is 14.7. The number of carboxylic acid groups (broad SMARTS) is 1. The molecule has 2 fully saturated rings. The van der Waals surface area contributed by atoms with E-state index >= 15 is 0 Å². The molecule has 0 aromatic heterocycles. The van der Waals surface area contributed by atoms with Crippen LogP contribution in [0.3, 0.4) is 0 Å². The van der Waals surface area contributed by atoms with Gasteiger partial charge in [-0.15, -0.1) is 0 Å². The van der Waals surface area contributed by atoms with E-state index in [1.165, 1.54) is 64.5 Å². The maximum absolute atomic E-state index is 13.1. The molecule has 2 aliphatic rings. The molecule has 5 nitrogen and oxygen atoms in total. The monoisotopic (exact) mass is 573 g/mol. The van der Waals surface area contributed by atoms with Crippen LogP contribution in [0.5, 0.6) is 0 Å². The topological polar surface area (TPSA) is 74.7 Å². The van der Waals surface area contributed by atoms with Gasteiger partial charge >= 0.3 is 5.97 Å². The highest BCUT2D eigenvalue weighted by atomic mass is 35.5. The molecule has 1 aliphatic heterocycles. The maximum atomic E-state index is 13.1. The van der Waals surface area contributed by atoms with Gasteiger partial charge in [-0.05, 0) is 105 Å². The van der Waals surface area contributed by atoms with E-state index in [0.717, 1.165) is 35.9 Å². The van der Waals surface area contributed by atoms with Gasteiger partial charge in [-0.3, -0.25) is 4.79 Å². The summed E-state index contributed by atoms with van der Waals surface area (Å²) in [6.45, 7) is 2.53. The molecule has 2 atom stereocenters. The molecule has 1 N–H and O–H groups in total. The Morgan fingerprint density at radius 1 is 0.949 bits per heavy atom. The van der Waals surface area contributed by atoms with Gasteiger partial charge in [0.05, 0.1) is 10.6 Å². The molecule has 1 aliphatic carbocycles. The number of hydrogen-bond donors (Lipinski definition) is 1. The Morgan fingerprint density at radius 3 is 2.36 bits per heavy atom. The third-order valence-electron chi connectivity index (χ3n) is 8.79. The normalized spacial score (nSPS) is 19.8. The average Bonchev–Trinajstić information content (AvgIpc) is 3.48. The molecular formula is C32H44ClNO4S. The van der Waals surface area contributed by atoms with E-state index in [1.54, 1.807) is 24.3 Å². The summed E-state index contributed by atoms with van der Waals surface area (Å²) >= 11 is 5.96. The summed E-state index contributed by atoms with van der Waals surface area (Å²) in [5, 5.41) is 9.52. The van der Waals surface area contributed by atoms with Gasteiger partial charge in [0, 0.05) is 24.0 Å². The molecule has 39 heavy (non-hydrogen) atoms. The van der Waals surface area contributed by atoms with Crippen molar-refractivity contribution in [3.05, 3.63) is 64.7 Å². The van der Waals surface area contributed by atoms with Crippen LogP contribution in [-0.2, 0) is 21.1 Å². The van der Waals surface area contributed by atoms with Gasteiger partial charge in [-0.1, -0.05) is 61.5 Å². The van der Waals surface area contributed by atoms with Crippen LogP contribution in [0.25, 0.3) is 0 Å². The molecule has 0 amide bonds. The number of piperidine rings is 1. The van der Waals surface area contributed by atoms with Crippen LogP contribution in [0.15, 0.2) is 53.4 Å². The predicted octanol–water partition coefficient (Wildman–Crippen LogP) is 7.52. The number of rotatable bonds is 14. The maximum Gasteiger partial charge on any atom is 0.303 e. The molecule has 7 heteroatoms. The Hall–Kier alpha value is -1.89. The molecule has 1 saturated heterocycles. The van der Waals surface area contributed by atoms with E-state index in [9.17, 15) is 13.2 Å². The number of aliphatic carboxylic acids is 1. The zero-order chi connectivity index (χ0) is 27.7. The smallest absolute Gasteiger partial charge is 0.303 e. The fraction of sp³-hybridized carbons (Fsp3) is 0.594.